The lowest BCUT2D eigenvalue weighted by Crippen LogP contribution is -2.30. The van der Waals surface area contributed by atoms with Crippen molar-refractivity contribution in [2.75, 3.05) is 13.7 Å². The maximum absolute atomic E-state index is 12.9. The van der Waals surface area contributed by atoms with Crippen LogP contribution >= 0.6 is 0 Å². The van der Waals surface area contributed by atoms with Crippen LogP contribution in [0.3, 0.4) is 0 Å². The Balaban J connectivity index is 2.15. The van der Waals surface area contributed by atoms with Gasteiger partial charge in [0.15, 0.2) is 0 Å². The normalized spacial score (nSPS) is 10.0. The van der Waals surface area contributed by atoms with Crippen LogP contribution in [0.5, 0.6) is 0 Å². The molecule has 21 heavy (non-hydrogen) atoms. The second-order valence-electron chi connectivity index (χ2n) is 4.35. The van der Waals surface area contributed by atoms with Crippen molar-refractivity contribution in [1.82, 2.24) is 5.32 Å². The molecule has 0 aromatic heterocycles. The number of carbonyl (C=O) groups excluding carboxylic acids is 2. The molecule has 1 N–H and O–H groups in total. The number of nitrogens with one attached hydrogen (secondary N) is 1. The number of halogens is 1. The van der Waals surface area contributed by atoms with Crippen LogP contribution in [-0.4, -0.2) is 25.5 Å². The number of amides is 1. The summed E-state index contributed by atoms with van der Waals surface area (Å²) in [5, 5.41) is 2.46. The van der Waals surface area contributed by atoms with Gasteiger partial charge in [0.2, 0.25) is 0 Å². The minimum absolute atomic E-state index is 0.184. The van der Waals surface area contributed by atoms with Crippen molar-refractivity contribution < 1.29 is 18.7 Å². The van der Waals surface area contributed by atoms with E-state index < -0.39 is 5.97 Å². The van der Waals surface area contributed by atoms with E-state index in [1.54, 1.807) is 30.3 Å². The molecule has 0 radical (unpaired) electrons. The number of esters is 1. The Morgan fingerprint density at radius 3 is 2.48 bits per heavy atom. The molecule has 0 saturated heterocycles. The van der Waals surface area contributed by atoms with Gasteiger partial charge in [-0.2, -0.15) is 0 Å². The fraction of sp³-hybridized carbons (Fsp3) is 0.125. The summed E-state index contributed by atoms with van der Waals surface area (Å²) in [4.78, 5) is 22.9. The zero-order chi connectivity index (χ0) is 15.2. The lowest BCUT2D eigenvalue weighted by Gasteiger charge is -2.06. The molecule has 0 atom stereocenters. The predicted molar refractivity (Wildman–Crippen MR) is 76.2 cm³/mol. The smallest absolute Gasteiger partial charge is 0.325 e. The minimum Gasteiger partial charge on any atom is -0.468 e. The van der Waals surface area contributed by atoms with Crippen LogP contribution in [-0.2, 0) is 9.53 Å². The monoisotopic (exact) mass is 287 g/mol. The highest BCUT2D eigenvalue weighted by Crippen LogP contribution is 2.20. The highest BCUT2D eigenvalue weighted by atomic mass is 19.1. The fourth-order valence-electron chi connectivity index (χ4n) is 1.81. The first-order valence-corrected chi connectivity index (χ1v) is 6.31. The Hall–Kier alpha value is -2.69. The third-order valence-electron chi connectivity index (χ3n) is 2.92. The third kappa shape index (κ3) is 3.89. The summed E-state index contributed by atoms with van der Waals surface area (Å²) < 4.78 is 17.4. The van der Waals surface area contributed by atoms with Gasteiger partial charge in [0, 0.05) is 5.56 Å². The number of rotatable bonds is 4. The fourth-order valence-corrected chi connectivity index (χ4v) is 1.81. The quantitative estimate of drug-likeness (QED) is 0.878. The average molecular weight is 287 g/mol. The molecule has 108 valence electrons. The van der Waals surface area contributed by atoms with E-state index in [-0.39, 0.29) is 18.3 Å². The van der Waals surface area contributed by atoms with Gasteiger partial charge in [0.05, 0.1) is 7.11 Å². The van der Waals surface area contributed by atoms with Crippen molar-refractivity contribution in [3.8, 4) is 11.1 Å². The van der Waals surface area contributed by atoms with E-state index in [0.717, 1.165) is 11.1 Å². The van der Waals surface area contributed by atoms with Gasteiger partial charge < -0.3 is 10.1 Å². The molecule has 0 aliphatic rings. The van der Waals surface area contributed by atoms with E-state index in [4.69, 9.17) is 0 Å². The van der Waals surface area contributed by atoms with Crippen molar-refractivity contribution in [2.24, 2.45) is 0 Å². The van der Waals surface area contributed by atoms with Crippen LogP contribution in [0.15, 0.2) is 48.5 Å². The number of carbonyl (C=O) groups is 2. The molecule has 0 heterocycles. The Kier molecular flexibility index (Phi) is 4.66. The lowest BCUT2D eigenvalue weighted by atomic mass is 10.0. The first-order valence-electron chi connectivity index (χ1n) is 6.31. The van der Waals surface area contributed by atoms with Gasteiger partial charge in [-0.05, 0) is 35.4 Å². The maximum Gasteiger partial charge on any atom is 0.325 e. The van der Waals surface area contributed by atoms with E-state index in [9.17, 15) is 14.0 Å². The van der Waals surface area contributed by atoms with Crippen LogP contribution in [0.25, 0.3) is 11.1 Å². The molecule has 0 spiro atoms. The predicted octanol–water partition coefficient (Wildman–Crippen LogP) is 2.40. The molecule has 1 amide bonds. The number of ether oxygens (including phenoxy) is 1. The zero-order valence-corrected chi connectivity index (χ0v) is 11.4. The van der Waals surface area contributed by atoms with Crippen molar-refractivity contribution in [2.45, 2.75) is 0 Å². The maximum atomic E-state index is 12.9. The van der Waals surface area contributed by atoms with Crippen molar-refractivity contribution in [3.63, 3.8) is 0 Å². The van der Waals surface area contributed by atoms with E-state index in [1.165, 1.54) is 19.2 Å². The molecule has 0 unspecified atom stereocenters. The average Bonchev–Trinajstić information content (AvgIpc) is 2.53. The molecule has 5 heteroatoms. The summed E-state index contributed by atoms with van der Waals surface area (Å²) in [6.07, 6.45) is 0. The minimum atomic E-state index is -0.516. The lowest BCUT2D eigenvalue weighted by molar-refractivity contribution is -0.139. The summed E-state index contributed by atoms with van der Waals surface area (Å²) in [6.45, 7) is -0.184. The second kappa shape index (κ2) is 6.65. The number of hydrogen-bond donors (Lipinski definition) is 1. The summed E-state index contributed by atoms with van der Waals surface area (Å²) in [5.41, 5.74) is 2.01. The molecule has 0 fully saturated rings. The van der Waals surface area contributed by atoms with Gasteiger partial charge in [0.25, 0.3) is 5.91 Å². The highest BCUT2D eigenvalue weighted by Gasteiger charge is 2.09. The van der Waals surface area contributed by atoms with Crippen molar-refractivity contribution in [3.05, 3.63) is 59.9 Å². The van der Waals surface area contributed by atoms with Gasteiger partial charge in [-0.1, -0.05) is 24.3 Å². The Morgan fingerprint density at radius 1 is 1.10 bits per heavy atom. The Morgan fingerprint density at radius 2 is 1.81 bits per heavy atom. The molecular weight excluding hydrogens is 273 g/mol. The topological polar surface area (TPSA) is 55.4 Å². The van der Waals surface area contributed by atoms with E-state index in [1.807, 2.05) is 6.07 Å². The van der Waals surface area contributed by atoms with E-state index >= 15 is 0 Å². The Bertz CT molecular complexity index is 653. The van der Waals surface area contributed by atoms with Gasteiger partial charge in [-0.15, -0.1) is 0 Å². The SMILES string of the molecule is COC(=O)CNC(=O)c1cccc(-c2ccc(F)cc2)c1. The van der Waals surface area contributed by atoms with Gasteiger partial charge in [-0.25, -0.2) is 4.39 Å². The molecule has 2 aromatic rings. The summed E-state index contributed by atoms with van der Waals surface area (Å²) in [7, 11) is 1.25. The largest absolute Gasteiger partial charge is 0.468 e. The molecular formula is C16H14FNO3. The van der Waals surface area contributed by atoms with Gasteiger partial charge in [0.1, 0.15) is 12.4 Å². The second-order valence-corrected chi connectivity index (χ2v) is 4.35. The van der Waals surface area contributed by atoms with Gasteiger partial charge >= 0.3 is 5.97 Å². The van der Waals surface area contributed by atoms with Crippen molar-refractivity contribution >= 4 is 11.9 Å². The van der Waals surface area contributed by atoms with Crippen LogP contribution in [0.2, 0.25) is 0 Å². The highest BCUT2D eigenvalue weighted by molar-refractivity contribution is 5.97. The van der Waals surface area contributed by atoms with Crippen LogP contribution in [0, 0.1) is 5.82 Å². The number of methoxy groups -OCH3 is 1. The van der Waals surface area contributed by atoms with E-state index in [2.05, 4.69) is 10.1 Å². The molecule has 4 nitrogen and oxygen atoms in total. The molecule has 0 aliphatic carbocycles. The summed E-state index contributed by atoms with van der Waals surface area (Å²) in [5.74, 6) is -1.20. The van der Waals surface area contributed by atoms with Crippen LogP contribution in [0.1, 0.15) is 10.4 Å². The van der Waals surface area contributed by atoms with Crippen molar-refractivity contribution in [1.29, 1.82) is 0 Å². The summed E-state index contributed by atoms with van der Waals surface area (Å²) >= 11 is 0. The summed E-state index contributed by atoms with van der Waals surface area (Å²) in [6, 6.07) is 12.9. The number of hydrogen-bond acceptors (Lipinski definition) is 3. The van der Waals surface area contributed by atoms with Gasteiger partial charge in [-0.3, -0.25) is 9.59 Å². The first-order chi connectivity index (χ1) is 10.1. The molecule has 0 saturated carbocycles. The standard InChI is InChI=1S/C16H14FNO3/c1-21-15(19)10-18-16(20)13-4-2-3-12(9-13)11-5-7-14(17)8-6-11/h2-9H,10H2,1H3,(H,18,20). The van der Waals surface area contributed by atoms with Crippen LogP contribution in [0.4, 0.5) is 4.39 Å². The molecule has 2 rings (SSSR count). The molecule has 0 bridgehead atoms. The van der Waals surface area contributed by atoms with Crippen LogP contribution < -0.4 is 5.32 Å². The molecule has 0 aliphatic heterocycles. The zero-order valence-electron chi connectivity index (χ0n) is 11.4. The first kappa shape index (κ1) is 14.7. The Labute approximate surface area is 121 Å². The number of benzene rings is 2. The third-order valence-corrected chi connectivity index (χ3v) is 2.92. The van der Waals surface area contributed by atoms with E-state index in [0.29, 0.717) is 5.56 Å². The molecule has 2 aromatic carbocycles.